The van der Waals surface area contributed by atoms with Gasteiger partial charge in [0.05, 0.1) is 5.69 Å². The Labute approximate surface area is 195 Å². The van der Waals surface area contributed by atoms with Crippen LogP contribution in [0.4, 0.5) is 10.6 Å². The van der Waals surface area contributed by atoms with E-state index in [9.17, 15) is 20.3 Å². The number of rotatable bonds is 4. The third kappa shape index (κ3) is 3.10. The van der Waals surface area contributed by atoms with E-state index < -0.39 is 41.3 Å². The van der Waals surface area contributed by atoms with Crippen molar-refractivity contribution in [2.24, 2.45) is 5.92 Å². The minimum atomic E-state index is -1.97. The minimum Gasteiger partial charge on any atom is -0.428 e. The third-order valence-corrected chi connectivity index (χ3v) is 7.43. The molecule has 2 fully saturated rings. The Morgan fingerprint density at radius 2 is 2.21 bits per heavy atom. The lowest BCUT2D eigenvalue weighted by Gasteiger charge is -2.35. The van der Waals surface area contributed by atoms with Gasteiger partial charge in [0, 0.05) is 5.92 Å². The van der Waals surface area contributed by atoms with Crippen molar-refractivity contribution in [2.75, 3.05) is 5.73 Å². The summed E-state index contributed by atoms with van der Waals surface area (Å²) < 4.78 is 18.1. The summed E-state index contributed by atoms with van der Waals surface area (Å²) in [6.45, 7) is 5.73. The molecule has 11 nitrogen and oxygen atoms in total. The number of hydrogen-bond donors (Lipinski definition) is 3. The largest absolute Gasteiger partial charge is 0.509 e. The molecule has 11 heteroatoms. The van der Waals surface area contributed by atoms with Gasteiger partial charge in [0.15, 0.2) is 17.5 Å². The van der Waals surface area contributed by atoms with E-state index in [0.717, 1.165) is 19.3 Å². The van der Waals surface area contributed by atoms with E-state index in [4.69, 9.17) is 19.9 Å². The van der Waals surface area contributed by atoms with Crippen LogP contribution in [-0.2, 0) is 19.8 Å². The number of anilines is 1. The number of nitrogens with two attached hydrogens (primary N) is 1. The number of fused-ring (bicyclic) bond motifs is 2. The highest BCUT2D eigenvalue weighted by Crippen LogP contribution is 2.59. The lowest BCUT2D eigenvalue weighted by atomic mass is 9.80. The monoisotopic (exact) mass is 469 g/mol. The van der Waals surface area contributed by atoms with Crippen molar-refractivity contribution in [1.29, 1.82) is 5.26 Å². The van der Waals surface area contributed by atoms with Gasteiger partial charge in [-0.2, -0.15) is 10.4 Å². The predicted molar refractivity (Wildman–Crippen MR) is 117 cm³/mol. The van der Waals surface area contributed by atoms with Gasteiger partial charge in [-0.25, -0.2) is 14.3 Å². The van der Waals surface area contributed by atoms with E-state index in [1.54, 1.807) is 6.07 Å². The molecule has 6 atom stereocenters. The number of carbonyl (C=O) groups excluding carboxylic acids is 1. The molecule has 0 aromatic carbocycles. The Kier molecular flexibility index (Phi) is 4.91. The Morgan fingerprint density at radius 3 is 2.82 bits per heavy atom. The lowest BCUT2D eigenvalue weighted by Crippen LogP contribution is -2.48. The number of hydrogen-bond acceptors (Lipinski definition) is 10. The Hall–Kier alpha value is -3.20. The average molecular weight is 469 g/mol. The van der Waals surface area contributed by atoms with Crippen LogP contribution < -0.4 is 5.73 Å². The van der Waals surface area contributed by atoms with E-state index >= 15 is 0 Å². The maximum atomic E-state index is 12.6. The molecule has 2 aromatic heterocycles. The van der Waals surface area contributed by atoms with E-state index in [1.165, 1.54) is 22.5 Å². The van der Waals surface area contributed by atoms with Crippen molar-refractivity contribution >= 4 is 17.5 Å². The molecule has 0 bridgehead atoms. The molecule has 34 heavy (non-hydrogen) atoms. The highest BCUT2D eigenvalue weighted by atomic mass is 16.8. The van der Waals surface area contributed by atoms with Gasteiger partial charge in [-0.1, -0.05) is 11.6 Å². The molecule has 5 rings (SSSR count). The first-order valence-corrected chi connectivity index (χ1v) is 11.2. The molecule has 3 aliphatic rings. The van der Waals surface area contributed by atoms with Crippen molar-refractivity contribution < 1.29 is 29.2 Å². The van der Waals surface area contributed by atoms with Crippen LogP contribution in [0.25, 0.3) is 5.52 Å². The second-order valence-corrected chi connectivity index (χ2v) is 9.85. The van der Waals surface area contributed by atoms with Crippen LogP contribution in [0.2, 0.25) is 0 Å². The van der Waals surface area contributed by atoms with Gasteiger partial charge in [0.2, 0.25) is 5.60 Å². The van der Waals surface area contributed by atoms with Crippen LogP contribution in [-0.4, -0.2) is 60.5 Å². The van der Waals surface area contributed by atoms with Gasteiger partial charge in [-0.3, -0.25) is 0 Å². The molecular formula is C23H27N5O6. The fraction of sp³-hybridized carbons (Fsp3) is 0.565. The van der Waals surface area contributed by atoms with Crippen molar-refractivity contribution in [1.82, 2.24) is 14.6 Å². The standard InChI is InChI=1S/C23H27N5O6/c1-12-4-6-13(7-5-12)21(2,3)34-20(30)32-16-17-23(16,31)19(29)22(10-24,33-17)15-9-8-14-18(25)26-11-27-28(14)15/h4,8-9,11,13,16-17,19,29,31H,5-7H2,1-3H3,(H2,25,26,27)/t13?,16?,17-,19+,22+,23-/m1/s1. The number of nitriles is 1. The molecular weight excluding hydrogens is 442 g/mol. The van der Waals surface area contributed by atoms with Crippen LogP contribution in [0.15, 0.2) is 30.1 Å². The topological polar surface area (TPSA) is 165 Å². The quantitative estimate of drug-likeness (QED) is 0.442. The van der Waals surface area contributed by atoms with Gasteiger partial charge in [-0.05, 0) is 52.2 Å². The fourth-order valence-electron chi connectivity index (χ4n) is 5.15. The lowest BCUT2D eigenvalue weighted by molar-refractivity contribution is -0.122. The van der Waals surface area contributed by atoms with Crippen molar-refractivity contribution in [3.63, 3.8) is 0 Å². The number of aliphatic hydroxyl groups excluding tert-OH is 1. The summed E-state index contributed by atoms with van der Waals surface area (Å²) in [7, 11) is 0. The zero-order valence-corrected chi connectivity index (χ0v) is 19.1. The first kappa shape index (κ1) is 22.6. The molecule has 0 radical (unpaired) electrons. The predicted octanol–water partition coefficient (Wildman–Crippen LogP) is 1.58. The van der Waals surface area contributed by atoms with Crippen molar-refractivity contribution in [2.45, 2.75) is 75.1 Å². The van der Waals surface area contributed by atoms with Crippen LogP contribution >= 0.6 is 0 Å². The van der Waals surface area contributed by atoms with Gasteiger partial charge < -0.3 is 30.2 Å². The SMILES string of the molecule is CC1=CCC(C(C)(C)OC(=O)OC2[C@H]3O[C@@](C#N)(c4ccc5c(N)ncnn45)[C@H](O)[C@@]23O)CC1. The minimum absolute atomic E-state index is 0.135. The molecule has 1 saturated carbocycles. The fourth-order valence-corrected chi connectivity index (χ4v) is 5.15. The molecule has 2 aromatic rings. The maximum Gasteiger partial charge on any atom is 0.509 e. The van der Waals surface area contributed by atoms with E-state index in [0.29, 0.717) is 5.52 Å². The summed E-state index contributed by atoms with van der Waals surface area (Å²) in [6, 6.07) is 5.06. The van der Waals surface area contributed by atoms with Crippen LogP contribution in [0.1, 0.15) is 45.7 Å². The highest BCUT2D eigenvalue weighted by Gasteiger charge is 2.84. The Bertz CT molecular complexity index is 1230. The first-order valence-electron chi connectivity index (χ1n) is 11.2. The Balaban J connectivity index is 1.31. The number of aromatic nitrogens is 3. The number of aliphatic hydroxyl groups is 2. The van der Waals surface area contributed by atoms with E-state index in [2.05, 4.69) is 23.1 Å². The van der Waals surface area contributed by atoms with Gasteiger partial charge >= 0.3 is 6.16 Å². The normalized spacial score (nSPS) is 34.8. The summed E-state index contributed by atoms with van der Waals surface area (Å²) in [5, 5.41) is 36.1. The summed E-state index contributed by atoms with van der Waals surface area (Å²) in [6.07, 6.45) is 1.03. The molecule has 3 heterocycles. The average Bonchev–Trinajstić information content (AvgIpc) is 3.08. The van der Waals surface area contributed by atoms with Crippen molar-refractivity contribution in [3.05, 3.63) is 35.8 Å². The molecule has 4 N–H and O–H groups in total. The summed E-state index contributed by atoms with van der Waals surface area (Å²) in [5.41, 5.74) is 3.08. The van der Waals surface area contributed by atoms with Gasteiger partial charge in [-0.15, -0.1) is 0 Å². The molecule has 2 unspecified atom stereocenters. The second-order valence-electron chi connectivity index (χ2n) is 9.85. The molecule has 180 valence electrons. The summed E-state index contributed by atoms with van der Waals surface area (Å²) >= 11 is 0. The van der Waals surface area contributed by atoms with Gasteiger partial charge in [0.25, 0.3) is 0 Å². The second kappa shape index (κ2) is 7.40. The van der Waals surface area contributed by atoms with Crippen LogP contribution in [0.3, 0.4) is 0 Å². The van der Waals surface area contributed by atoms with Gasteiger partial charge in [0.1, 0.15) is 35.7 Å². The van der Waals surface area contributed by atoms with E-state index in [1.807, 2.05) is 19.9 Å². The number of allylic oxidation sites excluding steroid dienone is 2. The summed E-state index contributed by atoms with van der Waals surface area (Å²) in [5.74, 6) is 0.316. The van der Waals surface area contributed by atoms with Crippen molar-refractivity contribution in [3.8, 4) is 6.07 Å². The number of ether oxygens (including phenoxy) is 3. The zero-order valence-electron chi connectivity index (χ0n) is 19.1. The molecule has 1 aliphatic heterocycles. The van der Waals surface area contributed by atoms with E-state index in [-0.39, 0.29) is 17.4 Å². The molecule has 1 saturated heterocycles. The maximum absolute atomic E-state index is 12.6. The number of nitrogen functional groups attached to an aromatic ring is 1. The molecule has 0 spiro atoms. The highest BCUT2D eigenvalue weighted by molar-refractivity contribution is 5.66. The van der Waals surface area contributed by atoms with Crippen LogP contribution in [0.5, 0.6) is 0 Å². The zero-order chi connectivity index (χ0) is 24.5. The third-order valence-electron chi connectivity index (χ3n) is 7.43. The summed E-state index contributed by atoms with van der Waals surface area (Å²) in [4.78, 5) is 16.5. The van der Waals surface area contributed by atoms with Crippen LogP contribution in [0, 0.1) is 17.2 Å². The number of carbonyl (C=O) groups is 1. The first-order chi connectivity index (χ1) is 16.0. The molecule has 0 amide bonds. The Morgan fingerprint density at radius 1 is 1.44 bits per heavy atom. The molecule has 2 aliphatic carbocycles. The smallest absolute Gasteiger partial charge is 0.428 e. The number of nitrogens with zero attached hydrogens (tertiary/aromatic N) is 4.